The van der Waals surface area contributed by atoms with Crippen LogP contribution >= 0.6 is 23.2 Å². The summed E-state index contributed by atoms with van der Waals surface area (Å²) in [7, 11) is 0. The number of ether oxygens (including phenoxy) is 1. The Morgan fingerprint density at radius 3 is 2.70 bits per heavy atom. The quantitative estimate of drug-likeness (QED) is 0.818. The van der Waals surface area contributed by atoms with Gasteiger partial charge in [-0.25, -0.2) is 0 Å². The smallest absolute Gasteiger partial charge is 0.270 e. The Kier molecular flexibility index (Phi) is 5.72. The molecule has 112 valence electrons. The van der Waals surface area contributed by atoms with Gasteiger partial charge in [0.15, 0.2) is 0 Å². The van der Waals surface area contributed by atoms with Crippen LogP contribution in [0.4, 0.5) is 0 Å². The van der Waals surface area contributed by atoms with Gasteiger partial charge in [0.1, 0.15) is 10.8 Å². The van der Waals surface area contributed by atoms with E-state index in [-0.39, 0.29) is 12.0 Å². The summed E-state index contributed by atoms with van der Waals surface area (Å²) < 4.78 is 5.71. The third-order valence-electron chi connectivity index (χ3n) is 3.39. The molecule has 1 aromatic rings. The lowest BCUT2D eigenvalue weighted by molar-refractivity contribution is 0.00831. The van der Waals surface area contributed by atoms with E-state index in [9.17, 15) is 4.79 Å². The average Bonchev–Trinajstić information content (AvgIpc) is 2.79. The molecule has 7 heteroatoms. The predicted molar refractivity (Wildman–Crippen MR) is 79.4 cm³/mol. The molecule has 0 radical (unpaired) electrons. The van der Waals surface area contributed by atoms with Crippen molar-refractivity contribution in [3.05, 3.63) is 21.9 Å². The molecule has 1 aliphatic rings. The average molecular weight is 320 g/mol. The summed E-state index contributed by atoms with van der Waals surface area (Å²) in [4.78, 5) is 16.8. The van der Waals surface area contributed by atoms with Gasteiger partial charge in [-0.15, -0.1) is 0 Å². The summed E-state index contributed by atoms with van der Waals surface area (Å²) in [6.45, 7) is 2.70. The Morgan fingerprint density at radius 1 is 1.45 bits per heavy atom. The molecule has 0 bridgehead atoms. The van der Waals surface area contributed by atoms with E-state index in [1.165, 1.54) is 0 Å². The van der Waals surface area contributed by atoms with E-state index in [1.54, 1.807) is 11.0 Å². The zero-order chi connectivity index (χ0) is 14.5. The second-order valence-corrected chi connectivity index (χ2v) is 5.63. The molecule has 0 aliphatic carbocycles. The van der Waals surface area contributed by atoms with E-state index < -0.39 is 0 Å². The lowest BCUT2D eigenvalue weighted by Gasteiger charge is -2.31. The maximum atomic E-state index is 12.3. The number of aromatic nitrogens is 1. The monoisotopic (exact) mass is 319 g/mol. The van der Waals surface area contributed by atoms with Crippen LogP contribution in [0.3, 0.4) is 0 Å². The number of halogens is 2. The number of H-pyrrole nitrogens is 1. The van der Waals surface area contributed by atoms with Crippen LogP contribution in [0.5, 0.6) is 0 Å². The van der Waals surface area contributed by atoms with Crippen LogP contribution in [0.2, 0.25) is 10.2 Å². The van der Waals surface area contributed by atoms with Gasteiger partial charge in [0, 0.05) is 19.7 Å². The van der Waals surface area contributed by atoms with Gasteiger partial charge in [0.25, 0.3) is 5.91 Å². The minimum absolute atomic E-state index is 0.0702. The highest BCUT2D eigenvalue weighted by atomic mass is 35.5. The summed E-state index contributed by atoms with van der Waals surface area (Å²) in [5.74, 6) is -0.0702. The molecule has 0 aromatic carbocycles. The molecule has 1 amide bonds. The van der Waals surface area contributed by atoms with E-state index in [0.717, 1.165) is 19.3 Å². The van der Waals surface area contributed by atoms with E-state index in [1.807, 2.05) is 0 Å². The number of hydrogen-bond acceptors (Lipinski definition) is 3. The normalized spacial score (nSPS) is 16.6. The fourth-order valence-electron chi connectivity index (χ4n) is 2.25. The Morgan fingerprint density at radius 2 is 2.15 bits per heavy atom. The molecule has 0 spiro atoms. The van der Waals surface area contributed by atoms with E-state index in [4.69, 9.17) is 33.7 Å². The first-order chi connectivity index (χ1) is 9.61. The number of nitrogens with zero attached hydrogens (tertiary/aromatic N) is 1. The van der Waals surface area contributed by atoms with Crippen LogP contribution in [-0.2, 0) is 4.74 Å². The molecule has 1 aromatic heterocycles. The lowest BCUT2D eigenvalue weighted by atomic mass is 10.1. The van der Waals surface area contributed by atoms with Gasteiger partial charge in [-0.2, -0.15) is 0 Å². The molecule has 2 heterocycles. The summed E-state index contributed by atoms with van der Waals surface area (Å²) in [6.07, 6.45) is 2.79. The van der Waals surface area contributed by atoms with Gasteiger partial charge in [-0.05, 0) is 31.9 Å². The number of piperidine rings is 1. The van der Waals surface area contributed by atoms with Crippen LogP contribution in [-0.4, -0.2) is 48.1 Å². The van der Waals surface area contributed by atoms with Crippen LogP contribution < -0.4 is 5.73 Å². The Bertz CT molecular complexity index is 437. The minimum atomic E-state index is -0.0702. The first-order valence-corrected chi connectivity index (χ1v) is 7.52. The molecule has 20 heavy (non-hydrogen) atoms. The number of carbonyl (C=O) groups excluding carboxylic acids is 1. The standard InChI is InChI=1S/C13H19Cl2N3O2/c14-10-8-11(17-12(10)15)13(19)18-5-2-9(3-6-18)20-7-1-4-16/h8-9,17H,1-7,16H2. The maximum absolute atomic E-state index is 12.3. The first-order valence-electron chi connectivity index (χ1n) is 6.76. The van der Waals surface area contributed by atoms with Gasteiger partial charge < -0.3 is 20.4 Å². The summed E-state index contributed by atoms with van der Waals surface area (Å²) in [5, 5.41) is 0.671. The molecule has 3 N–H and O–H groups in total. The van der Waals surface area contributed by atoms with Crippen molar-refractivity contribution in [2.45, 2.75) is 25.4 Å². The van der Waals surface area contributed by atoms with Crippen molar-refractivity contribution >= 4 is 29.1 Å². The highest BCUT2D eigenvalue weighted by molar-refractivity contribution is 6.41. The number of nitrogens with one attached hydrogen (secondary N) is 1. The van der Waals surface area contributed by atoms with Gasteiger partial charge in [-0.3, -0.25) is 4.79 Å². The van der Waals surface area contributed by atoms with Crippen LogP contribution in [0.1, 0.15) is 29.8 Å². The van der Waals surface area contributed by atoms with Crippen molar-refractivity contribution in [1.82, 2.24) is 9.88 Å². The molecule has 1 saturated heterocycles. The molecule has 2 rings (SSSR count). The molecule has 1 aliphatic heterocycles. The minimum Gasteiger partial charge on any atom is -0.378 e. The van der Waals surface area contributed by atoms with Gasteiger partial charge >= 0.3 is 0 Å². The van der Waals surface area contributed by atoms with Crippen molar-refractivity contribution in [1.29, 1.82) is 0 Å². The Balaban J connectivity index is 1.82. The number of amides is 1. The topological polar surface area (TPSA) is 71.3 Å². The molecule has 1 fully saturated rings. The van der Waals surface area contributed by atoms with Crippen molar-refractivity contribution in [2.75, 3.05) is 26.2 Å². The predicted octanol–water partition coefficient (Wildman–Crippen LogP) is 2.29. The Labute approximate surface area is 128 Å². The summed E-state index contributed by atoms with van der Waals surface area (Å²) in [5.41, 5.74) is 5.86. The van der Waals surface area contributed by atoms with Crippen LogP contribution in [0.25, 0.3) is 0 Å². The number of hydrogen-bond donors (Lipinski definition) is 2. The molecule has 0 atom stereocenters. The highest BCUT2D eigenvalue weighted by Gasteiger charge is 2.25. The highest BCUT2D eigenvalue weighted by Crippen LogP contribution is 2.24. The van der Waals surface area contributed by atoms with Gasteiger partial charge in [0.2, 0.25) is 0 Å². The van der Waals surface area contributed by atoms with Crippen molar-refractivity contribution < 1.29 is 9.53 Å². The number of aromatic amines is 1. The zero-order valence-corrected chi connectivity index (χ0v) is 12.7. The third-order valence-corrected chi connectivity index (χ3v) is 4.08. The molecular formula is C13H19Cl2N3O2. The van der Waals surface area contributed by atoms with E-state index >= 15 is 0 Å². The van der Waals surface area contributed by atoms with Gasteiger partial charge in [-0.1, -0.05) is 23.2 Å². The second-order valence-electron chi connectivity index (χ2n) is 4.85. The van der Waals surface area contributed by atoms with E-state index in [0.29, 0.717) is 42.1 Å². The number of carbonyl (C=O) groups is 1. The molecule has 0 unspecified atom stereocenters. The van der Waals surface area contributed by atoms with Crippen molar-refractivity contribution in [2.24, 2.45) is 5.73 Å². The molecule has 0 saturated carbocycles. The number of nitrogens with two attached hydrogens (primary N) is 1. The number of rotatable bonds is 5. The molecule has 5 nitrogen and oxygen atoms in total. The fourth-order valence-corrected chi connectivity index (χ4v) is 2.56. The summed E-state index contributed by atoms with van der Waals surface area (Å²) in [6, 6.07) is 1.57. The third kappa shape index (κ3) is 3.88. The lowest BCUT2D eigenvalue weighted by Crippen LogP contribution is -2.41. The fraction of sp³-hybridized carbons (Fsp3) is 0.615. The van der Waals surface area contributed by atoms with E-state index in [2.05, 4.69) is 4.98 Å². The number of likely N-dealkylation sites (tertiary alicyclic amines) is 1. The first kappa shape index (κ1) is 15.6. The van der Waals surface area contributed by atoms with Gasteiger partial charge in [0.05, 0.1) is 11.1 Å². The van der Waals surface area contributed by atoms with Crippen molar-refractivity contribution in [3.63, 3.8) is 0 Å². The largest absolute Gasteiger partial charge is 0.378 e. The zero-order valence-electron chi connectivity index (χ0n) is 11.2. The van der Waals surface area contributed by atoms with Crippen molar-refractivity contribution in [3.8, 4) is 0 Å². The maximum Gasteiger partial charge on any atom is 0.270 e. The molecular weight excluding hydrogens is 301 g/mol. The van der Waals surface area contributed by atoms with Crippen LogP contribution in [0, 0.1) is 0 Å². The second kappa shape index (κ2) is 7.31. The summed E-state index contributed by atoms with van der Waals surface area (Å²) >= 11 is 11.7. The Hall–Kier alpha value is -0.750. The van der Waals surface area contributed by atoms with Crippen LogP contribution in [0.15, 0.2) is 6.07 Å². The SMILES string of the molecule is NCCCOC1CCN(C(=O)c2cc(Cl)c(Cl)[nH]2)CC1.